The van der Waals surface area contributed by atoms with Crippen molar-refractivity contribution in [2.75, 3.05) is 0 Å². The van der Waals surface area contributed by atoms with E-state index in [0.29, 0.717) is 0 Å². The minimum absolute atomic E-state index is 0.893. The molecule has 0 aliphatic carbocycles. The van der Waals surface area contributed by atoms with Gasteiger partial charge in [-0.05, 0) is 59.7 Å². The Labute approximate surface area is 196 Å². The van der Waals surface area contributed by atoms with Gasteiger partial charge in [0.25, 0.3) is 0 Å². The molecule has 2 heterocycles. The maximum Gasteiger partial charge on any atom is 0.138 e. The van der Waals surface area contributed by atoms with Crippen molar-refractivity contribution in [2.45, 2.75) is 0 Å². The second kappa shape index (κ2) is 7.46. The van der Waals surface area contributed by atoms with Gasteiger partial charge >= 0.3 is 0 Å². The lowest BCUT2D eigenvalue weighted by Gasteiger charge is -2.08. The van der Waals surface area contributed by atoms with E-state index in [9.17, 15) is 0 Å². The van der Waals surface area contributed by atoms with Gasteiger partial charge in [0.2, 0.25) is 0 Å². The lowest BCUT2D eigenvalue weighted by atomic mass is 10.0. The second-order valence-electron chi connectivity index (χ2n) is 8.60. The van der Waals surface area contributed by atoms with Gasteiger partial charge in [0, 0.05) is 22.0 Å². The van der Waals surface area contributed by atoms with Crippen LogP contribution in [-0.4, -0.2) is 14.5 Å². The normalized spacial score (nSPS) is 11.5. The first-order valence-corrected chi connectivity index (χ1v) is 11.5. The molecule has 0 radical (unpaired) electrons. The van der Waals surface area contributed by atoms with E-state index in [-0.39, 0.29) is 0 Å². The topological polar surface area (TPSA) is 33.6 Å². The van der Waals surface area contributed by atoms with Gasteiger partial charge in [-0.25, -0.2) is 4.98 Å². The number of para-hydroxylation sites is 4. The van der Waals surface area contributed by atoms with Crippen molar-refractivity contribution in [3.63, 3.8) is 0 Å². The fourth-order valence-corrected chi connectivity index (χ4v) is 4.94. The predicted molar refractivity (Wildman–Crippen MR) is 141 cm³/mol. The third kappa shape index (κ3) is 2.95. The van der Waals surface area contributed by atoms with Crippen LogP contribution >= 0.6 is 0 Å². The standard InChI is InChI=1S/C31H21N3/c1-2-11-24(12-3-1)34-29-16-7-4-13-25(29)26-20-22(17-18-30(26)34)21-9-8-10-23(19-21)31-32-27-14-5-6-15-28(27)33-31/h1-20H,(H,32,33). The fraction of sp³-hybridized carbons (Fsp3) is 0. The molecule has 1 N–H and O–H groups in total. The first kappa shape index (κ1) is 18.9. The molecule has 0 spiro atoms. The van der Waals surface area contributed by atoms with E-state index < -0.39 is 0 Å². The van der Waals surface area contributed by atoms with Crippen LogP contribution in [0.4, 0.5) is 0 Å². The minimum atomic E-state index is 0.893. The summed E-state index contributed by atoms with van der Waals surface area (Å²) in [6, 6.07) is 42.7. The van der Waals surface area contributed by atoms with E-state index in [0.717, 1.165) is 22.4 Å². The number of rotatable bonds is 3. The van der Waals surface area contributed by atoms with Crippen molar-refractivity contribution < 1.29 is 0 Å². The molecule has 0 fully saturated rings. The highest BCUT2D eigenvalue weighted by molar-refractivity contribution is 6.10. The summed E-state index contributed by atoms with van der Waals surface area (Å²) in [6.45, 7) is 0. The van der Waals surface area contributed by atoms with E-state index in [2.05, 4.69) is 113 Å². The summed E-state index contributed by atoms with van der Waals surface area (Å²) < 4.78 is 2.35. The third-order valence-corrected chi connectivity index (χ3v) is 6.55. The number of benzene rings is 5. The molecule has 160 valence electrons. The van der Waals surface area contributed by atoms with Crippen LogP contribution in [0.5, 0.6) is 0 Å². The maximum absolute atomic E-state index is 4.79. The van der Waals surface area contributed by atoms with Crippen LogP contribution in [0, 0.1) is 0 Å². The summed E-state index contributed by atoms with van der Waals surface area (Å²) in [5.41, 5.74) is 9.10. The van der Waals surface area contributed by atoms with Crippen molar-refractivity contribution in [1.29, 1.82) is 0 Å². The van der Waals surface area contributed by atoms with Gasteiger partial charge < -0.3 is 9.55 Å². The summed E-state index contributed by atoms with van der Waals surface area (Å²) in [7, 11) is 0. The number of hydrogen-bond donors (Lipinski definition) is 1. The van der Waals surface area contributed by atoms with Crippen molar-refractivity contribution >= 4 is 32.8 Å². The van der Waals surface area contributed by atoms with Crippen molar-refractivity contribution in [2.24, 2.45) is 0 Å². The molecule has 3 heteroatoms. The summed E-state index contributed by atoms with van der Waals surface area (Å²) in [6.07, 6.45) is 0. The third-order valence-electron chi connectivity index (χ3n) is 6.55. The number of H-pyrrole nitrogens is 1. The van der Waals surface area contributed by atoms with Crippen molar-refractivity contribution in [3.8, 4) is 28.2 Å². The SMILES string of the molecule is c1ccc(-n2c3ccccc3c3cc(-c4cccc(-c5nc6ccccc6[nH]5)c4)ccc32)cc1. The molecule has 7 aromatic rings. The molecule has 5 aromatic carbocycles. The molecule has 3 nitrogen and oxygen atoms in total. The first-order valence-electron chi connectivity index (χ1n) is 11.5. The van der Waals surface area contributed by atoms with Gasteiger partial charge in [-0.15, -0.1) is 0 Å². The van der Waals surface area contributed by atoms with Gasteiger partial charge in [0.15, 0.2) is 0 Å². The lowest BCUT2D eigenvalue weighted by Crippen LogP contribution is -1.92. The lowest BCUT2D eigenvalue weighted by molar-refractivity contribution is 1.18. The molecule has 0 atom stereocenters. The number of imidazole rings is 1. The molecule has 34 heavy (non-hydrogen) atoms. The van der Waals surface area contributed by atoms with Crippen molar-refractivity contribution in [3.05, 3.63) is 121 Å². The number of fused-ring (bicyclic) bond motifs is 4. The molecule has 0 saturated heterocycles. The molecule has 0 bridgehead atoms. The zero-order valence-electron chi connectivity index (χ0n) is 18.4. The van der Waals surface area contributed by atoms with Crippen LogP contribution < -0.4 is 0 Å². The van der Waals surface area contributed by atoms with Crippen molar-refractivity contribution in [1.82, 2.24) is 14.5 Å². The fourth-order valence-electron chi connectivity index (χ4n) is 4.94. The largest absolute Gasteiger partial charge is 0.338 e. The Bertz CT molecular complexity index is 1770. The average Bonchev–Trinajstić information content (AvgIpc) is 3.48. The van der Waals surface area contributed by atoms with Gasteiger partial charge in [-0.2, -0.15) is 0 Å². The Morgan fingerprint density at radius 3 is 2.18 bits per heavy atom. The Morgan fingerprint density at radius 1 is 0.529 bits per heavy atom. The van der Waals surface area contributed by atoms with Crippen LogP contribution in [0.15, 0.2) is 121 Å². The number of nitrogens with one attached hydrogen (secondary N) is 1. The molecular weight excluding hydrogens is 414 g/mol. The highest BCUT2D eigenvalue weighted by Gasteiger charge is 2.13. The summed E-state index contributed by atoms with van der Waals surface area (Å²) >= 11 is 0. The highest BCUT2D eigenvalue weighted by atomic mass is 15.0. The zero-order valence-corrected chi connectivity index (χ0v) is 18.4. The Kier molecular flexibility index (Phi) is 4.15. The molecular formula is C31H21N3. The Morgan fingerprint density at radius 2 is 1.26 bits per heavy atom. The molecule has 0 amide bonds. The number of aromatic nitrogens is 3. The molecule has 2 aromatic heterocycles. The van der Waals surface area contributed by atoms with E-state index in [4.69, 9.17) is 4.98 Å². The molecule has 0 saturated carbocycles. The summed E-state index contributed by atoms with van der Waals surface area (Å²) in [4.78, 5) is 8.24. The van der Waals surface area contributed by atoms with Gasteiger partial charge in [-0.1, -0.05) is 72.8 Å². The Balaban J connectivity index is 1.40. The summed E-state index contributed by atoms with van der Waals surface area (Å²) in [5, 5.41) is 2.52. The van der Waals surface area contributed by atoms with Crippen LogP contribution in [0.25, 0.3) is 61.0 Å². The minimum Gasteiger partial charge on any atom is -0.338 e. The first-order chi connectivity index (χ1) is 16.8. The molecule has 0 unspecified atom stereocenters. The molecule has 0 aliphatic heterocycles. The van der Waals surface area contributed by atoms with Crippen LogP contribution in [0.2, 0.25) is 0 Å². The maximum atomic E-state index is 4.79. The highest BCUT2D eigenvalue weighted by Crippen LogP contribution is 2.35. The van der Waals surface area contributed by atoms with Gasteiger partial charge in [-0.3, -0.25) is 0 Å². The van der Waals surface area contributed by atoms with Crippen LogP contribution in [0.1, 0.15) is 0 Å². The van der Waals surface area contributed by atoms with E-state index in [1.165, 1.54) is 38.6 Å². The number of nitrogens with zero attached hydrogens (tertiary/aromatic N) is 2. The van der Waals surface area contributed by atoms with Gasteiger partial charge in [0.1, 0.15) is 5.82 Å². The smallest absolute Gasteiger partial charge is 0.138 e. The second-order valence-corrected chi connectivity index (χ2v) is 8.60. The van der Waals surface area contributed by atoms with E-state index in [1.54, 1.807) is 0 Å². The van der Waals surface area contributed by atoms with E-state index in [1.807, 2.05) is 18.2 Å². The van der Waals surface area contributed by atoms with Crippen LogP contribution in [-0.2, 0) is 0 Å². The number of aromatic amines is 1. The molecule has 0 aliphatic rings. The number of hydrogen-bond acceptors (Lipinski definition) is 1. The van der Waals surface area contributed by atoms with E-state index >= 15 is 0 Å². The van der Waals surface area contributed by atoms with Gasteiger partial charge in [0.05, 0.1) is 22.1 Å². The zero-order chi connectivity index (χ0) is 22.5. The molecule has 7 rings (SSSR count). The summed E-state index contributed by atoms with van der Waals surface area (Å²) in [5.74, 6) is 0.893. The Hall–Kier alpha value is -4.63. The quantitative estimate of drug-likeness (QED) is 0.300. The predicted octanol–water partition coefficient (Wildman–Crippen LogP) is 7.99. The average molecular weight is 436 g/mol. The van der Waals surface area contributed by atoms with Crippen LogP contribution in [0.3, 0.4) is 0 Å². The monoisotopic (exact) mass is 435 g/mol.